The van der Waals surface area contributed by atoms with Gasteiger partial charge in [0.05, 0.1) is 0 Å². The minimum absolute atomic E-state index is 0.336. The Kier molecular flexibility index (Phi) is 5.48. The van der Waals surface area contributed by atoms with Gasteiger partial charge in [-0.15, -0.1) is 0 Å². The summed E-state index contributed by atoms with van der Waals surface area (Å²) in [6.45, 7) is 6.68. The highest BCUT2D eigenvalue weighted by atomic mass is 32.3. The Balaban J connectivity index is 4.13. The molecular formula is C8H15NO5S. The Morgan fingerprint density at radius 1 is 1.60 bits per heavy atom. The summed E-state index contributed by atoms with van der Waals surface area (Å²) < 4.78 is 33.0. The summed E-state index contributed by atoms with van der Waals surface area (Å²) in [7, 11) is -4.55. The Hall–Kier alpha value is -0.920. The Labute approximate surface area is 89.3 Å². The van der Waals surface area contributed by atoms with Gasteiger partial charge in [0.2, 0.25) is 5.91 Å². The van der Waals surface area contributed by atoms with E-state index in [0.29, 0.717) is 12.0 Å². The van der Waals surface area contributed by atoms with E-state index < -0.39 is 22.5 Å². The molecule has 0 heterocycles. The van der Waals surface area contributed by atoms with Gasteiger partial charge in [0.15, 0.2) is 0 Å². The lowest BCUT2D eigenvalue weighted by Crippen LogP contribution is -2.36. The smallest absolute Gasteiger partial charge is 0.326 e. The summed E-state index contributed by atoms with van der Waals surface area (Å²) in [4.78, 5) is 11.3. The summed E-state index contributed by atoms with van der Waals surface area (Å²) in [6.07, 6.45) is 0.158. The van der Waals surface area contributed by atoms with Gasteiger partial charge in [0.1, 0.15) is 6.23 Å². The van der Waals surface area contributed by atoms with E-state index in [0.717, 1.165) is 6.42 Å². The molecule has 88 valence electrons. The van der Waals surface area contributed by atoms with Crippen LogP contribution in [-0.4, -0.2) is 25.1 Å². The number of carbonyl (C=O) groups excluding carboxylic acids is 1. The molecule has 1 atom stereocenters. The van der Waals surface area contributed by atoms with Crippen LogP contribution in [0.2, 0.25) is 0 Å². The molecule has 2 N–H and O–H groups in total. The lowest BCUT2D eigenvalue weighted by molar-refractivity contribution is -0.119. The lowest BCUT2D eigenvalue weighted by Gasteiger charge is -2.12. The van der Waals surface area contributed by atoms with Crippen LogP contribution in [0, 0.1) is 0 Å². The summed E-state index contributed by atoms with van der Waals surface area (Å²) in [5, 5.41) is 2.22. The van der Waals surface area contributed by atoms with Crippen LogP contribution >= 0.6 is 0 Å². The summed E-state index contributed by atoms with van der Waals surface area (Å²) in [6, 6.07) is 0. The molecule has 0 saturated carbocycles. The maximum absolute atomic E-state index is 11.3. The maximum atomic E-state index is 11.3. The first kappa shape index (κ1) is 14.1. The second kappa shape index (κ2) is 5.84. The molecule has 0 aliphatic heterocycles. The van der Waals surface area contributed by atoms with Crippen LogP contribution in [0.5, 0.6) is 0 Å². The van der Waals surface area contributed by atoms with E-state index in [1.165, 1.54) is 6.92 Å². The van der Waals surface area contributed by atoms with Crippen molar-refractivity contribution in [1.29, 1.82) is 0 Å². The zero-order chi connectivity index (χ0) is 12.1. The average Bonchev–Trinajstić information content (AvgIpc) is 2.00. The summed E-state index contributed by atoms with van der Waals surface area (Å²) in [5.41, 5.74) is 0.336. The van der Waals surface area contributed by atoms with E-state index in [1.54, 1.807) is 0 Å². The van der Waals surface area contributed by atoms with Crippen molar-refractivity contribution in [3.05, 3.63) is 12.2 Å². The first-order valence-electron chi connectivity index (χ1n) is 4.40. The molecule has 1 unspecified atom stereocenters. The largest absolute Gasteiger partial charge is 0.399 e. The minimum atomic E-state index is -4.55. The average molecular weight is 237 g/mol. The van der Waals surface area contributed by atoms with E-state index >= 15 is 0 Å². The zero-order valence-corrected chi connectivity index (χ0v) is 9.50. The molecule has 0 aliphatic carbocycles. The van der Waals surface area contributed by atoms with Gasteiger partial charge in [-0.05, 0) is 13.3 Å². The number of carbonyl (C=O) groups is 1. The number of rotatable bonds is 6. The molecule has 0 bridgehead atoms. The van der Waals surface area contributed by atoms with Gasteiger partial charge in [-0.3, -0.25) is 9.35 Å². The van der Waals surface area contributed by atoms with E-state index in [1.807, 2.05) is 6.92 Å². The minimum Gasteiger partial charge on any atom is -0.326 e. The monoisotopic (exact) mass is 237 g/mol. The molecule has 0 spiro atoms. The molecule has 0 rings (SSSR count). The van der Waals surface area contributed by atoms with Crippen LogP contribution in [-0.2, 0) is 19.4 Å². The van der Waals surface area contributed by atoms with Crippen molar-refractivity contribution in [2.24, 2.45) is 0 Å². The Bertz CT molecular complexity index is 335. The second-order valence-corrected chi connectivity index (χ2v) is 4.04. The fourth-order valence-electron chi connectivity index (χ4n) is 0.908. The molecule has 0 aromatic heterocycles. The molecule has 0 saturated heterocycles. The van der Waals surface area contributed by atoms with Crippen LogP contribution in [0.25, 0.3) is 0 Å². The first-order valence-corrected chi connectivity index (χ1v) is 5.77. The van der Waals surface area contributed by atoms with Crippen molar-refractivity contribution < 1.29 is 21.9 Å². The maximum Gasteiger partial charge on any atom is 0.399 e. The first-order chi connectivity index (χ1) is 6.76. The molecule has 0 aromatic rings. The molecule has 7 heteroatoms. The zero-order valence-electron chi connectivity index (χ0n) is 8.69. The van der Waals surface area contributed by atoms with Crippen molar-refractivity contribution in [3.63, 3.8) is 0 Å². The second-order valence-electron chi connectivity index (χ2n) is 2.99. The third kappa shape index (κ3) is 7.06. The predicted octanol–water partition coefficient (Wildman–Crippen LogP) is 0.624. The van der Waals surface area contributed by atoms with Crippen LogP contribution in [0.4, 0.5) is 0 Å². The molecule has 0 fully saturated rings. The van der Waals surface area contributed by atoms with Gasteiger partial charge in [-0.1, -0.05) is 19.9 Å². The van der Waals surface area contributed by atoms with Crippen LogP contribution in [0.15, 0.2) is 12.2 Å². The van der Waals surface area contributed by atoms with Crippen LogP contribution in [0.1, 0.15) is 26.7 Å². The number of hydrogen-bond acceptors (Lipinski definition) is 4. The van der Waals surface area contributed by atoms with Gasteiger partial charge in [0, 0.05) is 5.57 Å². The fraction of sp³-hybridized carbons (Fsp3) is 0.625. The molecule has 0 aromatic carbocycles. The van der Waals surface area contributed by atoms with Crippen molar-refractivity contribution in [2.45, 2.75) is 32.9 Å². The van der Waals surface area contributed by atoms with Crippen LogP contribution in [0.3, 0.4) is 0 Å². The van der Waals surface area contributed by atoms with Crippen molar-refractivity contribution in [1.82, 2.24) is 5.32 Å². The Morgan fingerprint density at radius 3 is 2.53 bits per heavy atom. The molecule has 15 heavy (non-hydrogen) atoms. The number of amides is 1. The van der Waals surface area contributed by atoms with Gasteiger partial charge >= 0.3 is 10.4 Å². The van der Waals surface area contributed by atoms with E-state index in [-0.39, 0.29) is 0 Å². The lowest BCUT2D eigenvalue weighted by atomic mass is 10.1. The molecule has 6 nitrogen and oxygen atoms in total. The molecule has 0 radical (unpaired) electrons. The highest BCUT2D eigenvalue weighted by Gasteiger charge is 2.15. The highest BCUT2D eigenvalue weighted by Crippen LogP contribution is 2.02. The van der Waals surface area contributed by atoms with Crippen LogP contribution < -0.4 is 5.32 Å². The molecule has 0 aliphatic rings. The number of hydrogen-bond donors (Lipinski definition) is 2. The third-order valence-electron chi connectivity index (χ3n) is 1.47. The normalized spacial score (nSPS) is 13.3. The third-order valence-corrected chi connectivity index (χ3v) is 2.01. The van der Waals surface area contributed by atoms with E-state index in [4.69, 9.17) is 4.55 Å². The Morgan fingerprint density at radius 2 is 2.13 bits per heavy atom. The highest BCUT2D eigenvalue weighted by molar-refractivity contribution is 7.80. The van der Waals surface area contributed by atoms with Gasteiger partial charge in [0.25, 0.3) is 0 Å². The quantitative estimate of drug-likeness (QED) is 0.401. The summed E-state index contributed by atoms with van der Waals surface area (Å²) in [5.74, 6) is -0.493. The van der Waals surface area contributed by atoms with Gasteiger partial charge < -0.3 is 5.32 Å². The molecule has 1 amide bonds. The SMILES string of the molecule is C=C(CCC)C(=O)NC(C)OS(=O)(=O)O. The van der Waals surface area contributed by atoms with E-state index in [9.17, 15) is 13.2 Å². The van der Waals surface area contributed by atoms with Crippen molar-refractivity contribution in [2.75, 3.05) is 0 Å². The fourth-order valence-corrected chi connectivity index (χ4v) is 1.32. The van der Waals surface area contributed by atoms with Crippen molar-refractivity contribution in [3.8, 4) is 0 Å². The topological polar surface area (TPSA) is 92.7 Å². The number of nitrogens with one attached hydrogen (secondary N) is 1. The standard InChI is InChI=1S/C8H15NO5S/c1-4-5-6(2)8(10)9-7(3)14-15(11,12)13/h7H,2,4-5H2,1,3H3,(H,9,10)(H,11,12,13). The van der Waals surface area contributed by atoms with Gasteiger partial charge in [-0.2, -0.15) is 8.42 Å². The van der Waals surface area contributed by atoms with E-state index in [2.05, 4.69) is 16.1 Å². The van der Waals surface area contributed by atoms with Gasteiger partial charge in [-0.25, -0.2) is 4.18 Å². The predicted molar refractivity (Wildman–Crippen MR) is 54.3 cm³/mol. The summed E-state index contributed by atoms with van der Waals surface area (Å²) >= 11 is 0. The van der Waals surface area contributed by atoms with Crippen molar-refractivity contribution >= 4 is 16.3 Å². The molecular weight excluding hydrogens is 222 g/mol.